The lowest BCUT2D eigenvalue weighted by molar-refractivity contribution is -0.123. The number of amides is 2. The maximum Gasteiger partial charge on any atom is 0.238 e. The third-order valence-corrected chi connectivity index (χ3v) is 4.54. The van der Waals surface area contributed by atoms with Gasteiger partial charge in [0.1, 0.15) is 5.82 Å². The van der Waals surface area contributed by atoms with Crippen LogP contribution in [-0.2, 0) is 16.1 Å². The fourth-order valence-corrected chi connectivity index (χ4v) is 2.78. The van der Waals surface area contributed by atoms with E-state index in [0.29, 0.717) is 22.6 Å². The molecule has 0 radical (unpaired) electrons. The number of rotatable bonds is 8. The summed E-state index contributed by atoms with van der Waals surface area (Å²) in [5.41, 5.74) is 1.03. The number of carbonyl (C=O) groups excluding carboxylic acids is 2. The van der Waals surface area contributed by atoms with Gasteiger partial charge in [0.2, 0.25) is 11.8 Å². The number of halogens is 3. The zero-order chi connectivity index (χ0) is 19.8. The number of likely N-dealkylation sites (N-methyl/N-ethyl adjacent to an activating group) is 1. The van der Waals surface area contributed by atoms with Crippen molar-refractivity contribution in [3.8, 4) is 0 Å². The first-order valence-electron chi connectivity index (χ1n) is 8.35. The van der Waals surface area contributed by atoms with E-state index in [-0.39, 0.29) is 30.6 Å². The Morgan fingerprint density at radius 1 is 1.11 bits per heavy atom. The van der Waals surface area contributed by atoms with Gasteiger partial charge < -0.3 is 10.6 Å². The minimum Gasteiger partial charge on any atom is -0.351 e. The highest BCUT2D eigenvalue weighted by atomic mass is 79.9. The van der Waals surface area contributed by atoms with E-state index in [2.05, 4.69) is 26.6 Å². The highest BCUT2D eigenvalue weighted by Crippen LogP contribution is 2.19. The maximum absolute atomic E-state index is 13.8. The summed E-state index contributed by atoms with van der Waals surface area (Å²) >= 11 is 8.99. The molecule has 0 spiro atoms. The molecule has 2 rings (SSSR count). The number of hydrogen-bond donors (Lipinski definition) is 2. The van der Waals surface area contributed by atoms with Gasteiger partial charge in [0.25, 0.3) is 0 Å². The first kappa shape index (κ1) is 21.3. The molecule has 0 unspecified atom stereocenters. The van der Waals surface area contributed by atoms with E-state index in [9.17, 15) is 14.0 Å². The minimum atomic E-state index is -0.526. The van der Waals surface area contributed by atoms with Gasteiger partial charge in [-0.2, -0.15) is 0 Å². The average Bonchev–Trinajstić information content (AvgIpc) is 2.63. The van der Waals surface area contributed by atoms with Crippen LogP contribution in [0.5, 0.6) is 0 Å². The maximum atomic E-state index is 13.8. The smallest absolute Gasteiger partial charge is 0.238 e. The average molecular weight is 457 g/mol. The van der Waals surface area contributed by atoms with Crippen LogP contribution >= 0.6 is 27.5 Å². The van der Waals surface area contributed by atoms with Crippen molar-refractivity contribution in [2.24, 2.45) is 0 Å². The molecule has 144 valence electrons. The monoisotopic (exact) mass is 455 g/mol. The zero-order valence-corrected chi connectivity index (χ0v) is 17.1. The fourth-order valence-electron chi connectivity index (χ4n) is 2.33. The number of nitrogens with one attached hydrogen (secondary N) is 2. The van der Waals surface area contributed by atoms with Crippen LogP contribution in [0.4, 0.5) is 10.1 Å². The normalized spacial score (nSPS) is 10.7. The number of nitrogens with zero attached hydrogens (tertiary/aromatic N) is 1. The van der Waals surface area contributed by atoms with Crippen LogP contribution in [0.15, 0.2) is 46.9 Å². The molecule has 2 aromatic carbocycles. The Kier molecular flexibility index (Phi) is 8.22. The predicted molar refractivity (Wildman–Crippen MR) is 108 cm³/mol. The molecule has 0 bridgehead atoms. The largest absolute Gasteiger partial charge is 0.351 e. The Bertz CT molecular complexity index is 802. The molecule has 0 aromatic heterocycles. The Balaban J connectivity index is 1.82. The lowest BCUT2D eigenvalue weighted by Crippen LogP contribution is -2.40. The van der Waals surface area contributed by atoms with E-state index in [1.54, 1.807) is 23.1 Å². The molecule has 0 fully saturated rings. The first-order chi connectivity index (χ1) is 12.9. The lowest BCUT2D eigenvalue weighted by Gasteiger charge is -2.19. The van der Waals surface area contributed by atoms with Crippen LogP contribution in [0.3, 0.4) is 0 Å². The summed E-state index contributed by atoms with van der Waals surface area (Å²) in [5, 5.41) is 5.95. The number of hydrogen-bond acceptors (Lipinski definition) is 3. The molecule has 0 aliphatic heterocycles. The van der Waals surface area contributed by atoms with E-state index in [1.807, 2.05) is 19.1 Å². The molecule has 2 amide bonds. The van der Waals surface area contributed by atoms with Gasteiger partial charge >= 0.3 is 0 Å². The molecule has 5 nitrogen and oxygen atoms in total. The summed E-state index contributed by atoms with van der Waals surface area (Å²) in [6.45, 7) is 2.79. The second-order valence-corrected chi connectivity index (χ2v) is 7.23. The Morgan fingerprint density at radius 2 is 1.78 bits per heavy atom. The van der Waals surface area contributed by atoms with Gasteiger partial charge in [0.05, 0.1) is 18.8 Å². The van der Waals surface area contributed by atoms with Crippen molar-refractivity contribution < 1.29 is 14.0 Å². The minimum absolute atomic E-state index is 0.0135. The van der Waals surface area contributed by atoms with E-state index in [1.165, 1.54) is 12.1 Å². The molecule has 8 heteroatoms. The second kappa shape index (κ2) is 10.4. The quantitative estimate of drug-likeness (QED) is 0.635. The third kappa shape index (κ3) is 7.28. The number of carbonyl (C=O) groups is 2. The van der Waals surface area contributed by atoms with Gasteiger partial charge in [-0.1, -0.05) is 46.6 Å². The van der Waals surface area contributed by atoms with Crippen molar-refractivity contribution in [1.29, 1.82) is 0 Å². The van der Waals surface area contributed by atoms with Crippen molar-refractivity contribution in [3.05, 3.63) is 63.3 Å². The zero-order valence-electron chi connectivity index (χ0n) is 14.8. The lowest BCUT2D eigenvalue weighted by atomic mass is 10.2. The van der Waals surface area contributed by atoms with Crippen LogP contribution in [0.25, 0.3) is 0 Å². The van der Waals surface area contributed by atoms with E-state index in [0.717, 1.165) is 5.56 Å². The van der Waals surface area contributed by atoms with Crippen molar-refractivity contribution >= 4 is 45.0 Å². The first-order valence-corrected chi connectivity index (χ1v) is 9.53. The van der Waals surface area contributed by atoms with Gasteiger partial charge in [-0.25, -0.2) is 4.39 Å². The number of benzene rings is 2. The predicted octanol–water partition coefficient (Wildman–Crippen LogP) is 3.82. The van der Waals surface area contributed by atoms with E-state index < -0.39 is 5.82 Å². The molecule has 0 saturated carbocycles. The van der Waals surface area contributed by atoms with E-state index in [4.69, 9.17) is 11.6 Å². The highest BCUT2D eigenvalue weighted by molar-refractivity contribution is 9.10. The van der Waals surface area contributed by atoms with Crippen molar-refractivity contribution in [3.63, 3.8) is 0 Å². The van der Waals surface area contributed by atoms with Gasteiger partial charge in [-0.15, -0.1) is 0 Å². The summed E-state index contributed by atoms with van der Waals surface area (Å²) in [7, 11) is 0. The van der Waals surface area contributed by atoms with Crippen LogP contribution < -0.4 is 10.6 Å². The van der Waals surface area contributed by atoms with Crippen molar-refractivity contribution in [1.82, 2.24) is 10.2 Å². The molecule has 2 N–H and O–H groups in total. The molecule has 0 aliphatic rings. The summed E-state index contributed by atoms with van der Waals surface area (Å²) in [6.07, 6.45) is 0. The second-order valence-electron chi connectivity index (χ2n) is 5.88. The SMILES string of the molecule is CCN(CC(=O)NCc1ccc(Cl)cc1)CC(=O)Nc1ccc(Br)cc1F. The Morgan fingerprint density at radius 3 is 2.41 bits per heavy atom. The molecule has 0 heterocycles. The van der Waals surface area contributed by atoms with Gasteiger partial charge in [-0.05, 0) is 42.4 Å². The fraction of sp³-hybridized carbons (Fsp3) is 0.263. The van der Waals surface area contributed by atoms with Gasteiger partial charge in [0, 0.05) is 16.0 Å². The molecule has 27 heavy (non-hydrogen) atoms. The summed E-state index contributed by atoms with van der Waals surface area (Å²) in [5.74, 6) is -1.11. The van der Waals surface area contributed by atoms with Crippen molar-refractivity contribution in [2.45, 2.75) is 13.5 Å². The third-order valence-electron chi connectivity index (χ3n) is 3.79. The molecular formula is C19H20BrClFN3O2. The summed E-state index contributed by atoms with van der Waals surface area (Å²) in [4.78, 5) is 25.9. The van der Waals surface area contributed by atoms with Crippen LogP contribution in [-0.4, -0.2) is 36.3 Å². The van der Waals surface area contributed by atoms with Crippen LogP contribution in [0.2, 0.25) is 5.02 Å². The Hall–Kier alpha value is -1.96. The van der Waals surface area contributed by atoms with Gasteiger partial charge in [0.15, 0.2) is 0 Å². The molecule has 0 atom stereocenters. The van der Waals surface area contributed by atoms with Crippen molar-refractivity contribution in [2.75, 3.05) is 25.0 Å². The summed E-state index contributed by atoms with van der Waals surface area (Å²) < 4.78 is 14.4. The Labute approximate surface area is 171 Å². The molecular weight excluding hydrogens is 437 g/mol. The molecule has 0 saturated heterocycles. The summed E-state index contributed by atoms with van der Waals surface area (Å²) in [6, 6.07) is 11.6. The van der Waals surface area contributed by atoms with Crippen LogP contribution in [0, 0.1) is 5.82 Å². The highest BCUT2D eigenvalue weighted by Gasteiger charge is 2.14. The van der Waals surface area contributed by atoms with Gasteiger partial charge in [-0.3, -0.25) is 14.5 Å². The molecule has 0 aliphatic carbocycles. The van der Waals surface area contributed by atoms with Crippen LogP contribution in [0.1, 0.15) is 12.5 Å². The van der Waals surface area contributed by atoms with E-state index >= 15 is 0 Å². The molecule has 2 aromatic rings. The standard InChI is InChI=1S/C19H20BrClFN3O2/c1-2-25(11-18(26)23-10-13-3-6-15(21)7-4-13)12-19(27)24-17-8-5-14(20)9-16(17)22/h3-9H,2,10-12H2,1H3,(H,23,26)(H,24,27). The topological polar surface area (TPSA) is 61.4 Å². The number of anilines is 1.